The number of amides is 1. The van der Waals surface area contributed by atoms with Crippen LogP contribution in [0.3, 0.4) is 0 Å². The lowest BCUT2D eigenvalue weighted by atomic mass is 10.2. The van der Waals surface area contributed by atoms with Crippen LogP contribution in [0.25, 0.3) is 0 Å². The van der Waals surface area contributed by atoms with Crippen LogP contribution in [0.5, 0.6) is 0 Å². The molecule has 3 aromatic rings. The third kappa shape index (κ3) is 3.43. The lowest BCUT2D eigenvalue weighted by Crippen LogP contribution is -2.30. The van der Waals surface area contributed by atoms with Gasteiger partial charge in [0, 0.05) is 22.3 Å². The van der Waals surface area contributed by atoms with Crippen molar-refractivity contribution < 1.29 is 4.79 Å². The van der Waals surface area contributed by atoms with Crippen molar-refractivity contribution >= 4 is 44.8 Å². The third-order valence-electron chi connectivity index (χ3n) is 4.41. The minimum absolute atomic E-state index is 0.284. The van der Waals surface area contributed by atoms with E-state index in [1.165, 1.54) is 11.9 Å². The normalized spacial score (nSPS) is 12.6. The van der Waals surface area contributed by atoms with Gasteiger partial charge < -0.3 is 10.6 Å². The Morgan fingerprint density at radius 2 is 1.89 bits per heavy atom. The first kappa shape index (κ1) is 17.3. The van der Waals surface area contributed by atoms with Crippen molar-refractivity contribution in [1.82, 2.24) is 15.4 Å². The molecule has 0 aliphatic carbocycles. The van der Waals surface area contributed by atoms with Gasteiger partial charge in [-0.1, -0.05) is 34.1 Å². The van der Waals surface area contributed by atoms with Gasteiger partial charge in [-0.05, 0) is 42.3 Å². The average molecular weight is 425 g/mol. The lowest BCUT2D eigenvalue weighted by molar-refractivity contribution is 0.0962. The quantitative estimate of drug-likeness (QED) is 0.556. The minimum atomic E-state index is -0.284. The zero-order valence-electron chi connectivity index (χ0n) is 14.3. The van der Waals surface area contributed by atoms with E-state index in [1.54, 1.807) is 24.3 Å². The Morgan fingerprint density at radius 3 is 2.70 bits per heavy atom. The summed E-state index contributed by atoms with van der Waals surface area (Å²) in [6.07, 6.45) is 2.36. The van der Waals surface area contributed by atoms with Gasteiger partial charge in [-0.2, -0.15) is 0 Å². The number of rotatable bonds is 4. The van der Waals surface area contributed by atoms with E-state index < -0.39 is 0 Å². The number of nitrogen functional groups attached to an aromatic ring is 1. The summed E-state index contributed by atoms with van der Waals surface area (Å²) in [5.74, 6) is 0.693. The number of fused-ring (bicyclic) bond motifs is 1. The second-order valence-electron chi connectivity index (χ2n) is 6.08. The van der Waals surface area contributed by atoms with Crippen molar-refractivity contribution in [1.29, 1.82) is 0 Å². The third-order valence-corrected chi connectivity index (χ3v) is 4.94. The largest absolute Gasteiger partial charge is 0.393 e. The lowest BCUT2D eigenvalue weighted by Gasteiger charge is -2.21. The molecule has 0 saturated heterocycles. The van der Waals surface area contributed by atoms with Crippen LogP contribution in [-0.2, 0) is 6.42 Å². The number of hydrogen-bond acceptors (Lipinski definition) is 6. The van der Waals surface area contributed by atoms with Gasteiger partial charge in [0.1, 0.15) is 12.0 Å². The molecule has 7 nitrogen and oxygen atoms in total. The fourth-order valence-electron chi connectivity index (χ4n) is 3.05. The molecule has 0 atom stereocenters. The molecule has 0 saturated carbocycles. The number of carbonyl (C=O) groups is 1. The van der Waals surface area contributed by atoms with Crippen molar-refractivity contribution in [3.8, 4) is 0 Å². The highest BCUT2D eigenvalue weighted by atomic mass is 79.9. The van der Waals surface area contributed by atoms with Crippen molar-refractivity contribution in [2.75, 3.05) is 22.6 Å². The summed E-state index contributed by atoms with van der Waals surface area (Å²) in [6.45, 7) is 0.797. The van der Waals surface area contributed by atoms with Gasteiger partial charge in [-0.25, -0.2) is 9.97 Å². The van der Waals surface area contributed by atoms with E-state index in [2.05, 4.69) is 47.7 Å². The molecule has 136 valence electrons. The molecule has 2 heterocycles. The number of hydrazine groups is 1. The van der Waals surface area contributed by atoms with Gasteiger partial charge in [-0.15, -0.1) is 0 Å². The Bertz CT molecular complexity index is 992. The number of nitrogens with zero attached hydrogens (tertiary/aromatic N) is 3. The standard InChI is InChI=1S/C19H17BrN6O/c20-14-7-5-13(6-8-14)19(27)25-24-17-16(21)18(23-11-22-17)26-10-9-12-3-1-2-4-15(12)26/h1-8,11H,9-10,21H2,(H,25,27)(H,22,23,24). The van der Waals surface area contributed by atoms with E-state index in [4.69, 9.17) is 5.73 Å². The Balaban J connectivity index is 1.53. The molecule has 4 rings (SSSR count). The van der Waals surface area contributed by atoms with Crippen molar-refractivity contribution in [2.45, 2.75) is 6.42 Å². The molecule has 1 aliphatic rings. The van der Waals surface area contributed by atoms with E-state index in [-0.39, 0.29) is 5.91 Å². The van der Waals surface area contributed by atoms with Gasteiger partial charge >= 0.3 is 0 Å². The van der Waals surface area contributed by atoms with Gasteiger partial charge in [0.2, 0.25) is 0 Å². The Kier molecular flexibility index (Phi) is 4.64. The van der Waals surface area contributed by atoms with Crippen LogP contribution in [-0.4, -0.2) is 22.4 Å². The fraction of sp³-hybridized carbons (Fsp3) is 0.105. The molecule has 0 bridgehead atoms. The van der Waals surface area contributed by atoms with E-state index in [0.717, 1.165) is 23.1 Å². The molecule has 1 amide bonds. The Labute approximate surface area is 164 Å². The highest BCUT2D eigenvalue weighted by Crippen LogP contribution is 2.37. The van der Waals surface area contributed by atoms with Crippen LogP contribution in [0.15, 0.2) is 59.3 Å². The van der Waals surface area contributed by atoms with Crippen molar-refractivity contribution in [3.63, 3.8) is 0 Å². The second kappa shape index (κ2) is 7.24. The predicted octanol–water partition coefficient (Wildman–Crippen LogP) is 3.27. The molecule has 2 aromatic carbocycles. The molecule has 0 unspecified atom stereocenters. The van der Waals surface area contributed by atoms with E-state index in [0.29, 0.717) is 22.9 Å². The first-order valence-electron chi connectivity index (χ1n) is 8.41. The van der Waals surface area contributed by atoms with Gasteiger partial charge in [0.05, 0.1) is 0 Å². The summed E-state index contributed by atoms with van der Waals surface area (Å²) in [5.41, 5.74) is 14.9. The summed E-state index contributed by atoms with van der Waals surface area (Å²) in [6, 6.07) is 15.2. The molecule has 1 aromatic heterocycles. The molecule has 8 heteroatoms. The first-order chi connectivity index (χ1) is 13.1. The molecule has 0 fully saturated rings. The topological polar surface area (TPSA) is 96.2 Å². The number of hydrogen-bond donors (Lipinski definition) is 3. The molecule has 4 N–H and O–H groups in total. The summed E-state index contributed by atoms with van der Waals surface area (Å²) in [5, 5.41) is 0. The fourth-order valence-corrected chi connectivity index (χ4v) is 3.31. The molecular weight excluding hydrogens is 408 g/mol. The van der Waals surface area contributed by atoms with E-state index >= 15 is 0 Å². The molecular formula is C19H17BrN6O. The summed E-state index contributed by atoms with van der Waals surface area (Å²) >= 11 is 3.35. The molecule has 27 heavy (non-hydrogen) atoms. The summed E-state index contributed by atoms with van der Waals surface area (Å²) < 4.78 is 0.905. The smallest absolute Gasteiger partial charge is 0.269 e. The van der Waals surface area contributed by atoms with Crippen LogP contribution in [0.4, 0.5) is 23.0 Å². The number of halogens is 1. The van der Waals surface area contributed by atoms with Gasteiger partial charge in [0.25, 0.3) is 5.91 Å². The molecule has 1 aliphatic heterocycles. The van der Waals surface area contributed by atoms with E-state index in [9.17, 15) is 4.79 Å². The maximum absolute atomic E-state index is 12.3. The number of aromatic nitrogens is 2. The number of nitrogens with one attached hydrogen (secondary N) is 2. The maximum Gasteiger partial charge on any atom is 0.269 e. The number of anilines is 4. The van der Waals surface area contributed by atoms with Crippen LogP contribution >= 0.6 is 15.9 Å². The van der Waals surface area contributed by atoms with Crippen LogP contribution in [0, 0.1) is 0 Å². The van der Waals surface area contributed by atoms with Crippen molar-refractivity contribution in [2.24, 2.45) is 0 Å². The number of para-hydroxylation sites is 1. The van der Waals surface area contributed by atoms with Crippen molar-refractivity contribution in [3.05, 3.63) is 70.5 Å². The predicted molar refractivity (Wildman–Crippen MR) is 109 cm³/mol. The van der Waals surface area contributed by atoms with Crippen LogP contribution < -0.4 is 21.5 Å². The maximum atomic E-state index is 12.3. The highest BCUT2D eigenvalue weighted by molar-refractivity contribution is 9.10. The highest BCUT2D eigenvalue weighted by Gasteiger charge is 2.24. The summed E-state index contributed by atoms with van der Waals surface area (Å²) in [7, 11) is 0. The van der Waals surface area contributed by atoms with Crippen LogP contribution in [0.1, 0.15) is 15.9 Å². The van der Waals surface area contributed by atoms with Crippen LogP contribution in [0.2, 0.25) is 0 Å². The first-order valence-corrected chi connectivity index (χ1v) is 9.20. The minimum Gasteiger partial charge on any atom is -0.393 e. The van der Waals surface area contributed by atoms with E-state index in [1.807, 2.05) is 18.2 Å². The molecule has 0 spiro atoms. The number of nitrogens with two attached hydrogens (primary N) is 1. The number of benzene rings is 2. The molecule has 0 radical (unpaired) electrons. The Hall–Kier alpha value is -3.13. The zero-order chi connectivity index (χ0) is 18.8. The monoisotopic (exact) mass is 424 g/mol. The SMILES string of the molecule is Nc1c(NNC(=O)c2ccc(Br)cc2)ncnc1N1CCc2ccccc21. The number of carbonyl (C=O) groups excluding carboxylic acids is 1. The van der Waals surface area contributed by atoms with Gasteiger partial charge in [-0.3, -0.25) is 15.6 Å². The second-order valence-corrected chi connectivity index (χ2v) is 6.99. The zero-order valence-corrected chi connectivity index (χ0v) is 15.9. The van der Waals surface area contributed by atoms with Gasteiger partial charge in [0.15, 0.2) is 11.6 Å². The summed E-state index contributed by atoms with van der Waals surface area (Å²) in [4.78, 5) is 22.8. The Morgan fingerprint density at radius 1 is 1.11 bits per heavy atom. The average Bonchev–Trinajstić information content (AvgIpc) is 3.11.